The first-order valence-electron chi connectivity index (χ1n) is 1.79. The first kappa shape index (κ1) is 23.2. The van der Waals surface area contributed by atoms with Gasteiger partial charge in [-0.05, 0) is 0 Å². The molecule has 0 aliphatic carbocycles. The molecule has 2 N–H and O–H groups in total. The molecule has 0 aromatic rings. The molecule has 0 fully saturated rings. The van der Waals surface area contributed by atoms with Crippen molar-refractivity contribution in [3.63, 3.8) is 0 Å². The van der Waals surface area contributed by atoms with Gasteiger partial charge in [0.05, 0.1) is 28.2 Å². The van der Waals surface area contributed by atoms with Crippen molar-refractivity contribution in [2.75, 3.05) is 28.2 Å². The third-order valence-corrected chi connectivity index (χ3v) is 0. The molecule has 0 aliphatic heterocycles. The molecule has 0 bridgehead atoms. The van der Waals surface area contributed by atoms with E-state index in [-0.39, 0.29) is 40.5 Å². The molecule has 0 aliphatic rings. The molecule has 3 nitrogen and oxygen atoms in total. The number of hydrogen-bond acceptors (Lipinski definition) is 2. The van der Waals surface area contributed by atoms with E-state index in [1.54, 1.807) is 0 Å². The van der Waals surface area contributed by atoms with E-state index in [4.69, 9.17) is 0 Å². The Morgan fingerprint density at radius 1 is 0.750 bits per heavy atom. The minimum Gasteiger partial charge on any atom is -0.870 e. The largest absolute Gasteiger partial charge is 1.00 e. The van der Waals surface area contributed by atoms with E-state index in [9.17, 15) is 0 Å². The van der Waals surface area contributed by atoms with Gasteiger partial charge in [0.1, 0.15) is 0 Å². The van der Waals surface area contributed by atoms with Crippen LogP contribution in [0, 0.1) is 0 Å². The number of nitrogens with zero attached hydrogens (tertiary/aromatic N) is 1. The van der Waals surface area contributed by atoms with Crippen LogP contribution in [0.15, 0.2) is 0 Å². The second kappa shape index (κ2) is 7.88. The summed E-state index contributed by atoms with van der Waals surface area (Å²) >= 11 is 0. The van der Waals surface area contributed by atoms with Crippen molar-refractivity contribution >= 4 is 0 Å². The second-order valence-corrected chi connectivity index (χ2v) is 2.68. The minimum absolute atomic E-state index is 0. The third kappa shape index (κ3) is 307. The normalized spacial score (nSPS) is 7.50. The Hall–Kier alpha value is 0.880. The van der Waals surface area contributed by atoms with Gasteiger partial charge in [0.15, 0.2) is 0 Å². The van der Waals surface area contributed by atoms with Crippen LogP contribution >= 0.6 is 0 Å². The summed E-state index contributed by atoms with van der Waals surface area (Å²) in [5.74, 6) is 0. The van der Waals surface area contributed by atoms with Gasteiger partial charge in [-0.25, -0.2) is 0 Å². The van der Waals surface area contributed by atoms with E-state index >= 15 is 0 Å². The van der Waals surface area contributed by atoms with Gasteiger partial charge in [-0.3, -0.25) is 0 Å². The predicted molar refractivity (Wildman–Crippen MR) is 27.8 cm³/mol. The van der Waals surface area contributed by atoms with Crippen LogP contribution in [0.1, 0.15) is 0 Å². The van der Waals surface area contributed by atoms with Crippen LogP contribution in [-0.2, 0) is 0 Å². The van der Waals surface area contributed by atoms with Gasteiger partial charge in [0.2, 0.25) is 0 Å². The number of quaternary nitrogens is 1. The molecule has 0 aromatic carbocycles. The fourth-order valence-electron chi connectivity index (χ4n) is 0. The van der Waals surface area contributed by atoms with E-state index in [0.29, 0.717) is 0 Å². The smallest absolute Gasteiger partial charge is 0.870 e. The van der Waals surface area contributed by atoms with Crippen molar-refractivity contribution in [3.8, 4) is 0 Å². The van der Waals surface area contributed by atoms with Crippen molar-refractivity contribution in [2.24, 2.45) is 0 Å². The van der Waals surface area contributed by atoms with Gasteiger partial charge in [-0.1, -0.05) is 0 Å². The molecule has 0 radical (unpaired) electrons. The van der Waals surface area contributed by atoms with Crippen molar-refractivity contribution in [2.45, 2.75) is 0 Å². The third-order valence-electron chi connectivity index (χ3n) is 0. The topological polar surface area (TPSA) is 60.0 Å². The predicted octanol–water partition coefficient (Wildman–Crippen LogP) is -3.03. The van der Waals surface area contributed by atoms with Crippen molar-refractivity contribution < 1.29 is 45.0 Å². The van der Waals surface area contributed by atoms with Gasteiger partial charge < -0.3 is 15.4 Å². The number of hydrogen-bond donors (Lipinski definition) is 0. The molecule has 8 heavy (non-hydrogen) atoms. The van der Waals surface area contributed by atoms with Crippen LogP contribution in [0.25, 0.3) is 0 Å². The van der Waals surface area contributed by atoms with E-state index in [1.165, 1.54) is 0 Å². The van der Waals surface area contributed by atoms with Crippen LogP contribution in [-0.4, -0.2) is 43.6 Å². The Kier molecular flexibility index (Phi) is 22.8. The molecule has 0 amide bonds. The molecular formula is C4H14NNaO2. The zero-order valence-electron chi connectivity index (χ0n) is 6.34. The Morgan fingerprint density at radius 3 is 0.750 bits per heavy atom. The summed E-state index contributed by atoms with van der Waals surface area (Å²) < 4.78 is 1.00. The Bertz CT molecular complexity index is 29.5. The van der Waals surface area contributed by atoms with Crippen LogP contribution in [0.3, 0.4) is 0 Å². The molecule has 0 unspecified atom stereocenters. The van der Waals surface area contributed by atoms with Crippen LogP contribution in [0.2, 0.25) is 0 Å². The summed E-state index contributed by atoms with van der Waals surface area (Å²) in [7, 11) is 8.50. The molecule has 0 saturated carbocycles. The maximum absolute atomic E-state index is 2.12. The van der Waals surface area contributed by atoms with Gasteiger partial charge >= 0.3 is 29.6 Å². The minimum atomic E-state index is 0. The first-order valence-corrected chi connectivity index (χ1v) is 1.79. The van der Waals surface area contributed by atoms with Gasteiger partial charge in [-0.2, -0.15) is 0 Å². The van der Waals surface area contributed by atoms with Crippen molar-refractivity contribution in [3.05, 3.63) is 0 Å². The molecular weight excluding hydrogens is 117 g/mol. The molecule has 0 rings (SSSR count). The SMILES string of the molecule is C[N+](C)(C)C.[Na+].[OH-].[OH-]. The fourth-order valence-corrected chi connectivity index (χ4v) is 0. The summed E-state index contributed by atoms with van der Waals surface area (Å²) in [5, 5.41) is 0. The van der Waals surface area contributed by atoms with Crippen molar-refractivity contribution in [1.82, 2.24) is 0 Å². The van der Waals surface area contributed by atoms with Crippen LogP contribution < -0.4 is 29.6 Å². The Labute approximate surface area is 73.2 Å². The average molecular weight is 131 g/mol. The molecule has 0 saturated heterocycles. The Morgan fingerprint density at radius 2 is 0.750 bits per heavy atom. The monoisotopic (exact) mass is 131 g/mol. The van der Waals surface area contributed by atoms with Crippen LogP contribution in [0.4, 0.5) is 0 Å². The fraction of sp³-hybridized carbons (Fsp3) is 1.00. The molecule has 0 spiro atoms. The maximum Gasteiger partial charge on any atom is 1.00 e. The summed E-state index contributed by atoms with van der Waals surface area (Å²) in [6, 6.07) is 0. The zero-order chi connectivity index (χ0) is 4.50. The van der Waals surface area contributed by atoms with Gasteiger partial charge in [-0.15, -0.1) is 0 Å². The van der Waals surface area contributed by atoms with Crippen molar-refractivity contribution in [1.29, 1.82) is 0 Å². The van der Waals surface area contributed by atoms with Gasteiger partial charge in [0, 0.05) is 0 Å². The quantitative estimate of drug-likeness (QED) is 0.259. The van der Waals surface area contributed by atoms with E-state index < -0.39 is 0 Å². The van der Waals surface area contributed by atoms with E-state index in [0.717, 1.165) is 4.48 Å². The number of rotatable bonds is 0. The van der Waals surface area contributed by atoms with Crippen LogP contribution in [0.5, 0.6) is 0 Å². The first-order chi connectivity index (χ1) is 2.00. The molecule has 0 atom stereocenters. The summed E-state index contributed by atoms with van der Waals surface area (Å²) in [6.45, 7) is 0. The summed E-state index contributed by atoms with van der Waals surface area (Å²) in [5.41, 5.74) is 0. The van der Waals surface area contributed by atoms with E-state index in [2.05, 4.69) is 28.2 Å². The standard InChI is InChI=1S/C4H12N.Na.2H2O/c1-5(2,3)4;;;/h1-4H3;;2*1H2/q2*+1;;/p-2. The molecule has 48 valence electrons. The molecule has 4 heteroatoms. The average Bonchev–Trinajstić information content (AvgIpc) is 0.722. The summed E-state index contributed by atoms with van der Waals surface area (Å²) in [4.78, 5) is 0. The maximum atomic E-state index is 2.12. The molecule has 0 heterocycles. The second-order valence-electron chi connectivity index (χ2n) is 2.68. The zero-order valence-corrected chi connectivity index (χ0v) is 8.34. The van der Waals surface area contributed by atoms with Gasteiger partial charge in [0.25, 0.3) is 0 Å². The summed E-state index contributed by atoms with van der Waals surface area (Å²) in [6.07, 6.45) is 0. The van der Waals surface area contributed by atoms with E-state index in [1.807, 2.05) is 0 Å². The molecule has 0 aromatic heterocycles. The Balaban J connectivity index is -0.0000000267.